The third kappa shape index (κ3) is 3.15. The lowest BCUT2D eigenvalue weighted by Gasteiger charge is -2.39. The van der Waals surface area contributed by atoms with Gasteiger partial charge in [-0.3, -0.25) is 14.9 Å². The van der Waals surface area contributed by atoms with Gasteiger partial charge in [0.05, 0.1) is 11.3 Å². The van der Waals surface area contributed by atoms with Gasteiger partial charge in [-0.25, -0.2) is 0 Å². The fraction of sp³-hybridized carbons (Fsp3) is 0.533. The zero-order valence-corrected chi connectivity index (χ0v) is 11.9. The van der Waals surface area contributed by atoms with E-state index in [9.17, 15) is 14.9 Å². The molecule has 0 aliphatic carbocycles. The van der Waals surface area contributed by atoms with Crippen LogP contribution in [-0.4, -0.2) is 27.8 Å². The number of non-ortho nitro benzene ring substituents is 1. The van der Waals surface area contributed by atoms with Crippen molar-refractivity contribution >= 4 is 11.6 Å². The first kappa shape index (κ1) is 14.5. The van der Waals surface area contributed by atoms with Crippen LogP contribution in [0.5, 0.6) is 0 Å². The number of nitro benzene ring substituents is 1. The second-order valence-electron chi connectivity index (χ2n) is 5.53. The Morgan fingerprint density at radius 2 is 1.80 bits per heavy atom. The van der Waals surface area contributed by atoms with Gasteiger partial charge in [-0.1, -0.05) is 12.1 Å². The zero-order valence-electron chi connectivity index (χ0n) is 11.9. The maximum absolute atomic E-state index is 12.4. The summed E-state index contributed by atoms with van der Waals surface area (Å²) in [6, 6.07) is 6.79. The number of rotatable bonds is 3. The van der Waals surface area contributed by atoms with E-state index in [1.807, 2.05) is 4.90 Å². The van der Waals surface area contributed by atoms with Crippen LogP contribution in [0.25, 0.3) is 0 Å². The second-order valence-corrected chi connectivity index (χ2v) is 5.53. The van der Waals surface area contributed by atoms with Crippen molar-refractivity contribution in [2.75, 3.05) is 0 Å². The van der Waals surface area contributed by atoms with Crippen LogP contribution >= 0.6 is 0 Å². The highest BCUT2D eigenvalue weighted by molar-refractivity contribution is 5.79. The summed E-state index contributed by atoms with van der Waals surface area (Å²) in [5.41, 5.74) is 0.881. The summed E-state index contributed by atoms with van der Waals surface area (Å²) in [7, 11) is 0. The van der Waals surface area contributed by atoms with Crippen LogP contribution in [0.15, 0.2) is 24.3 Å². The number of carbonyl (C=O) groups excluding carboxylic acids is 1. The van der Waals surface area contributed by atoms with Gasteiger partial charge in [0, 0.05) is 24.2 Å². The predicted molar refractivity (Wildman–Crippen MR) is 76.4 cm³/mol. The Labute approximate surface area is 118 Å². The van der Waals surface area contributed by atoms with E-state index >= 15 is 0 Å². The maximum atomic E-state index is 12.4. The number of nitro groups is 1. The van der Waals surface area contributed by atoms with Crippen molar-refractivity contribution in [2.45, 2.75) is 51.6 Å². The minimum Gasteiger partial charge on any atom is -0.337 e. The number of carbonyl (C=O) groups is 1. The average molecular weight is 276 g/mol. The average Bonchev–Trinajstić information content (AvgIpc) is 2.39. The van der Waals surface area contributed by atoms with Crippen LogP contribution in [0.3, 0.4) is 0 Å². The van der Waals surface area contributed by atoms with Crippen molar-refractivity contribution in [3.05, 3.63) is 39.9 Å². The molecule has 0 spiro atoms. The first-order valence-corrected chi connectivity index (χ1v) is 7.03. The molecule has 1 aromatic carbocycles. The highest BCUT2D eigenvalue weighted by atomic mass is 16.6. The molecule has 1 fully saturated rings. The number of amides is 1. The Hall–Kier alpha value is -1.91. The van der Waals surface area contributed by atoms with Gasteiger partial charge >= 0.3 is 0 Å². The molecule has 20 heavy (non-hydrogen) atoms. The highest BCUT2D eigenvalue weighted by Crippen LogP contribution is 2.23. The molecular weight excluding hydrogens is 256 g/mol. The third-order valence-corrected chi connectivity index (χ3v) is 3.98. The molecule has 5 heteroatoms. The lowest BCUT2D eigenvalue weighted by atomic mass is 9.96. The molecule has 2 rings (SSSR count). The number of nitrogens with zero attached hydrogens (tertiary/aromatic N) is 2. The monoisotopic (exact) mass is 276 g/mol. The summed E-state index contributed by atoms with van der Waals surface area (Å²) in [5.74, 6) is 0.110. The van der Waals surface area contributed by atoms with Gasteiger partial charge < -0.3 is 4.90 Å². The van der Waals surface area contributed by atoms with Crippen LogP contribution in [0.1, 0.15) is 38.7 Å². The molecule has 0 N–H and O–H groups in total. The summed E-state index contributed by atoms with van der Waals surface area (Å²) in [4.78, 5) is 24.5. The molecule has 1 aromatic rings. The van der Waals surface area contributed by atoms with E-state index in [0.29, 0.717) is 6.42 Å². The molecule has 5 nitrogen and oxygen atoms in total. The fourth-order valence-electron chi connectivity index (χ4n) is 2.91. The minimum absolute atomic E-state index is 0.0564. The van der Waals surface area contributed by atoms with Crippen LogP contribution < -0.4 is 0 Å². The number of hydrogen-bond acceptors (Lipinski definition) is 3. The SMILES string of the molecule is CC1CCCC(C)N1C(=O)Cc1ccc([N+](=O)[O-])cc1. The van der Waals surface area contributed by atoms with E-state index in [2.05, 4.69) is 13.8 Å². The van der Waals surface area contributed by atoms with Gasteiger partial charge in [0.1, 0.15) is 0 Å². The molecule has 1 saturated heterocycles. The van der Waals surface area contributed by atoms with Crippen molar-refractivity contribution < 1.29 is 9.72 Å². The third-order valence-electron chi connectivity index (χ3n) is 3.98. The first-order valence-electron chi connectivity index (χ1n) is 7.03. The van der Waals surface area contributed by atoms with Gasteiger partial charge in [0.25, 0.3) is 5.69 Å². The molecule has 2 unspecified atom stereocenters. The minimum atomic E-state index is -0.430. The largest absolute Gasteiger partial charge is 0.337 e. The van der Waals surface area contributed by atoms with Gasteiger partial charge in [0.15, 0.2) is 0 Å². The van der Waals surface area contributed by atoms with Crippen molar-refractivity contribution in [1.29, 1.82) is 0 Å². The van der Waals surface area contributed by atoms with Gasteiger partial charge in [-0.15, -0.1) is 0 Å². The molecule has 0 radical (unpaired) electrons. The summed E-state index contributed by atoms with van der Waals surface area (Å²) in [6.45, 7) is 4.17. The molecule has 1 heterocycles. The standard InChI is InChI=1S/C15H20N2O3/c1-11-4-3-5-12(2)16(11)15(18)10-13-6-8-14(9-7-13)17(19)20/h6-9,11-12H,3-5,10H2,1-2H3. The molecule has 108 valence electrons. The fourth-order valence-corrected chi connectivity index (χ4v) is 2.91. The number of likely N-dealkylation sites (tertiary alicyclic amines) is 1. The molecular formula is C15H20N2O3. The Morgan fingerprint density at radius 3 is 2.30 bits per heavy atom. The van der Waals surface area contributed by atoms with E-state index in [0.717, 1.165) is 18.4 Å². The summed E-state index contributed by atoms with van der Waals surface area (Å²) < 4.78 is 0. The van der Waals surface area contributed by atoms with E-state index in [-0.39, 0.29) is 23.7 Å². The topological polar surface area (TPSA) is 63.5 Å². The molecule has 0 aromatic heterocycles. The summed E-state index contributed by atoms with van der Waals surface area (Å²) in [5, 5.41) is 10.6. The van der Waals surface area contributed by atoms with Crippen molar-refractivity contribution in [1.82, 2.24) is 4.90 Å². The van der Waals surface area contributed by atoms with Crippen LogP contribution in [-0.2, 0) is 11.2 Å². The van der Waals surface area contributed by atoms with Gasteiger partial charge in [-0.2, -0.15) is 0 Å². The van der Waals surface area contributed by atoms with Crippen LogP contribution in [0.2, 0.25) is 0 Å². The highest BCUT2D eigenvalue weighted by Gasteiger charge is 2.28. The summed E-state index contributed by atoms with van der Waals surface area (Å²) >= 11 is 0. The zero-order chi connectivity index (χ0) is 14.7. The van der Waals surface area contributed by atoms with Gasteiger partial charge in [-0.05, 0) is 38.7 Å². The van der Waals surface area contributed by atoms with E-state index in [1.165, 1.54) is 18.6 Å². The molecule has 0 bridgehead atoms. The Balaban J connectivity index is 2.05. The van der Waals surface area contributed by atoms with E-state index in [1.54, 1.807) is 12.1 Å². The molecule has 1 amide bonds. The molecule has 1 aliphatic rings. The normalized spacial score (nSPS) is 22.6. The molecule has 2 atom stereocenters. The molecule has 0 saturated carbocycles. The van der Waals surface area contributed by atoms with Crippen LogP contribution in [0, 0.1) is 10.1 Å². The van der Waals surface area contributed by atoms with Crippen LogP contribution in [0.4, 0.5) is 5.69 Å². The molecule has 1 aliphatic heterocycles. The maximum Gasteiger partial charge on any atom is 0.269 e. The predicted octanol–water partition coefficient (Wildman–Crippen LogP) is 2.93. The smallest absolute Gasteiger partial charge is 0.269 e. The Kier molecular flexibility index (Phi) is 4.37. The lowest BCUT2D eigenvalue weighted by Crippen LogP contribution is -2.48. The number of benzene rings is 1. The van der Waals surface area contributed by atoms with Gasteiger partial charge in [0.2, 0.25) is 5.91 Å². The summed E-state index contributed by atoms with van der Waals surface area (Å²) in [6.07, 6.45) is 3.59. The Morgan fingerprint density at radius 1 is 1.25 bits per heavy atom. The number of hydrogen-bond donors (Lipinski definition) is 0. The van der Waals surface area contributed by atoms with Crippen molar-refractivity contribution in [2.24, 2.45) is 0 Å². The van der Waals surface area contributed by atoms with Crippen molar-refractivity contribution in [3.8, 4) is 0 Å². The van der Waals surface area contributed by atoms with Crippen molar-refractivity contribution in [3.63, 3.8) is 0 Å². The Bertz CT molecular complexity index is 488. The quantitative estimate of drug-likeness (QED) is 0.630. The van der Waals surface area contributed by atoms with E-state index < -0.39 is 4.92 Å². The van der Waals surface area contributed by atoms with E-state index in [4.69, 9.17) is 0 Å². The lowest BCUT2D eigenvalue weighted by molar-refractivity contribution is -0.384. The first-order chi connectivity index (χ1) is 9.49. The second kappa shape index (κ2) is 6.03. The number of piperidine rings is 1.